The molecule has 0 radical (unpaired) electrons. The maximum Gasteiger partial charge on any atom is 0.229 e. The summed E-state index contributed by atoms with van der Waals surface area (Å²) in [7, 11) is 2.96. The van der Waals surface area contributed by atoms with Gasteiger partial charge in [-0.15, -0.1) is 0 Å². The van der Waals surface area contributed by atoms with Crippen LogP contribution in [-0.2, 0) is 4.74 Å². The highest BCUT2D eigenvalue weighted by atomic mass is 16.7. The fourth-order valence-electron chi connectivity index (χ4n) is 2.15. The van der Waals surface area contributed by atoms with E-state index in [0.717, 1.165) is 0 Å². The van der Waals surface area contributed by atoms with E-state index in [1.807, 2.05) is 0 Å². The fourth-order valence-corrected chi connectivity index (χ4v) is 2.15. The van der Waals surface area contributed by atoms with Crippen LogP contribution in [0.4, 0.5) is 0 Å². The van der Waals surface area contributed by atoms with Gasteiger partial charge in [-0.1, -0.05) is 0 Å². The van der Waals surface area contributed by atoms with Gasteiger partial charge in [0.1, 0.15) is 41.7 Å². The molecule has 124 valence electrons. The average Bonchev–Trinajstić information content (AvgIpc) is 2.54. The molecule has 0 aliphatic carbocycles. The number of hydrogen-bond acceptors (Lipinski definition) is 8. The van der Waals surface area contributed by atoms with Gasteiger partial charge >= 0.3 is 0 Å². The van der Waals surface area contributed by atoms with Gasteiger partial charge in [0, 0.05) is 18.2 Å². The molecule has 1 aromatic rings. The van der Waals surface area contributed by atoms with Crippen molar-refractivity contribution in [3.8, 4) is 17.2 Å². The second-order valence-electron chi connectivity index (χ2n) is 4.86. The van der Waals surface area contributed by atoms with Crippen molar-refractivity contribution >= 4 is 0 Å². The molecule has 1 fully saturated rings. The first kappa shape index (κ1) is 16.8. The first-order valence-electron chi connectivity index (χ1n) is 6.70. The number of hydrogen-bond donors (Lipinski definition) is 4. The lowest BCUT2D eigenvalue weighted by atomic mass is 9.99. The summed E-state index contributed by atoms with van der Waals surface area (Å²) in [5.74, 6) is 1.22. The van der Waals surface area contributed by atoms with E-state index in [9.17, 15) is 15.3 Å². The van der Waals surface area contributed by atoms with Gasteiger partial charge in [0.2, 0.25) is 6.29 Å². The van der Waals surface area contributed by atoms with Crippen LogP contribution >= 0.6 is 0 Å². The van der Waals surface area contributed by atoms with Gasteiger partial charge in [0.15, 0.2) is 0 Å². The van der Waals surface area contributed by atoms with Crippen molar-refractivity contribution in [3.63, 3.8) is 0 Å². The van der Waals surface area contributed by atoms with Crippen molar-refractivity contribution in [2.24, 2.45) is 0 Å². The minimum Gasteiger partial charge on any atom is -0.496 e. The van der Waals surface area contributed by atoms with Crippen LogP contribution in [0.15, 0.2) is 18.2 Å². The predicted molar refractivity (Wildman–Crippen MR) is 73.9 cm³/mol. The molecule has 22 heavy (non-hydrogen) atoms. The minimum atomic E-state index is -1.50. The summed E-state index contributed by atoms with van der Waals surface area (Å²) < 4.78 is 21.0. The van der Waals surface area contributed by atoms with Crippen molar-refractivity contribution < 1.29 is 39.4 Å². The number of rotatable bonds is 5. The summed E-state index contributed by atoms with van der Waals surface area (Å²) >= 11 is 0. The minimum absolute atomic E-state index is 0.278. The lowest BCUT2D eigenvalue weighted by Gasteiger charge is -2.39. The van der Waals surface area contributed by atoms with Crippen molar-refractivity contribution in [1.82, 2.24) is 0 Å². The van der Waals surface area contributed by atoms with E-state index in [4.69, 9.17) is 24.1 Å². The Morgan fingerprint density at radius 3 is 1.95 bits per heavy atom. The van der Waals surface area contributed by atoms with Crippen LogP contribution < -0.4 is 14.2 Å². The van der Waals surface area contributed by atoms with Crippen molar-refractivity contribution in [3.05, 3.63) is 18.2 Å². The highest BCUT2D eigenvalue weighted by Crippen LogP contribution is 2.30. The molecule has 0 bridgehead atoms. The summed E-state index contributed by atoms with van der Waals surface area (Å²) in [6.45, 7) is -0.522. The van der Waals surface area contributed by atoms with Crippen molar-refractivity contribution in [1.29, 1.82) is 0 Å². The third-order valence-electron chi connectivity index (χ3n) is 3.43. The van der Waals surface area contributed by atoms with E-state index in [1.165, 1.54) is 14.2 Å². The Bertz CT molecular complexity index is 469. The average molecular weight is 316 g/mol. The van der Waals surface area contributed by atoms with E-state index in [1.54, 1.807) is 18.2 Å². The maximum atomic E-state index is 9.93. The molecule has 0 spiro atoms. The van der Waals surface area contributed by atoms with Gasteiger partial charge < -0.3 is 39.4 Å². The summed E-state index contributed by atoms with van der Waals surface area (Å²) in [4.78, 5) is 0. The van der Waals surface area contributed by atoms with Crippen LogP contribution in [0.25, 0.3) is 0 Å². The number of ether oxygens (including phenoxy) is 4. The van der Waals surface area contributed by atoms with Crippen LogP contribution in [0, 0.1) is 0 Å². The molecule has 1 heterocycles. The normalized spacial score (nSPS) is 31.6. The van der Waals surface area contributed by atoms with Gasteiger partial charge in [-0.05, 0) is 0 Å². The molecule has 0 unspecified atom stereocenters. The third-order valence-corrected chi connectivity index (χ3v) is 3.43. The van der Waals surface area contributed by atoms with Crippen LogP contribution in [0.5, 0.6) is 17.2 Å². The molecule has 1 saturated heterocycles. The first-order valence-corrected chi connectivity index (χ1v) is 6.70. The van der Waals surface area contributed by atoms with E-state index in [2.05, 4.69) is 0 Å². The summed E-state index contributed by atoms with van der Waals surface area (Å²) in [6, 6.07) is 4.73. The molecule has 0 saturated carbocycles. The smallest absolute Gasteiger partial charge is 0.229 e. The predicted octanol–water partition coefficient (Wildman–Crippen LogP) is -1.12. The van der Waals surface area contributed by atoms with Crippen molar-refractivity contribution in [2.45, 2.75) is 30.7 Å². The fraction of sp³-hybridized carbons (Fsp3) is 0.571. The van der Waals surface area contributed by atoms with E-state index in [0.29, 0.717) is 11.5 Å². The molecular weight excluding hydrogens is 296 g/mol. The molecule has 1 aliphatic heterocycles. The Morgan fingerprint density at radius 2 is 1.45 bits per heavy atom. The second kappa shape index (κ2) is 7.12. The Labute approximate surface area is 127 Å². The van der Waals surface area contributed by atoms with Crippen LogP contribution in [0.2, 0.25) is 0 Å². The van der Waals surface area contributed by atoms with Gasteiger partial charge in [-0.25, -0.2) is 0 Å². The molecule has 1 aliphatic rings. The number of benzene rings is 1. The lowest BCUT2D eigenvalue weighted by Crippen LogP contribution is -2.60. The molecule has 2 rings (SSSR count). The zero-order valence-electron chi connectivity index (χ0n) is 12.2. The first-order chi connectivity index (χ1) is 10.5. The Kier molecular flexibility index (Phi) is 5.43. The standard InChI is InChI=1S/C14H20O8/c1-19-7-3-8(20-2)5-9(4-7)21-14-13(18)12(17)11(16)10(6-15)22-14/h3-5,10-18H,6H2,1-2H3/t10-,11-,12+,13-,14+/m1/s1. The Balaban J connectivity index is 2.18. The van der Waals surface area contributed by atoms with Gasteiger partial charge in [0.05, 0.1) is 20.8 Å². The third kappa shape index (κ3) is 3.42. The molecular formula is C14H20O8. The van der Waals surface area contributed by atoms with Gasteiger partial charge in [-0.2, -0.15) is 0 Å². The quantitative estimate of drug-likeness (QED) is 0.540. The van der Waals surface area contributed by atoms with Gasteiger partial charge in [-0.3, -0.25) is 0 Å². The summed E-state index contributed by atoms with van der Waals surface area (Å²) in [5, 5.41) is 38.5. The van der Waals surface area contributed by atoms with Crippen LogP contribution in [0.3, 0.4) is 0 Å². The molecule has 5 atom stereocenters. The van der Waals surface area contributed by atoms with E-state index < -0.39 is 37.3 Å². The highest BCUT2D eigenvalue weighted by Gasteiger charge is 2.44. The second-order valence-corrected chi connectivity index (χ2v) is 4.86. The van der Waals surface area contributed by atoms with E-state index in [-0.39, 0.29) is 5.75 Å². The topological polar surface area (TPSA) is 118 Å². The number of aliphatic hydroxyl groups is 4. The highest BCUT2D eigenvalue weighted by molar-refractivity contribution is 5.42. The summed E-state index contributed by atoms with van der Waals surface area (Å²) in [5.41, 5.74) is 0. The zero-order valence-corrected chi connectivity index (χ0v) is 12.2. The van der Waals surface area contributed by atoms with Crippen molar-refractivity contribution in [2.75, 3.05) is 20.8 Å². The molecule has 4 N–H and O–H groups in total. The molecule has 0 amide bonds. The maximum absolute atomic E-state index is 9.93. The Hall–Kier alpha value is -1.58. The zero-order chi connectivity index (χ0) is 16.3. The number of aliphatic hydroxyl groups excluding tert-OH is 4. The molecule has 0 aromatic heterocycles. The molecule has 1 aromatic carbocycles. The largest absolute Gasteiger partial charge is 0.496 e. The Morgan fingerprint density at radius 1 is 0.909 bits per heavy atom. The molecule has 8 heteroatoms. The monoisotopic (exact) mass is 316 g/mol. The molecule has 8 nitrogen and oxygen atoms in total. The van der Waals surface area contributed by atoms with E-state index >= 15 is 0 Å². The lowest BCUT2D eigenvalue weighted by molar-refractivity contribution is -0.277. The van der Waals surface area contributed by atoms with Crippen LogP contribution in [-0.4, -0.2) is 72.0 Å². The number of methoxy groups -OCH3 is 2. The SMILES string of the molecule is COc1cc(OC)cc(O[C@H]2O[C@H](CO)[C@@H](O)[C@H](O)[C@H]2O)c1. The summed E-state index contributed by atoms with van der Waals surface area (Å²) in [6.07, 6.45) is -6.69. The van der Waals surface area contributed by atoms with Gasteiger partial charge in [0.25, 0.3) is 0 Å². The van der Waals surface area contributed by atoms with Crippen LogP contribution in [0.1, 0.15) is 0 Å².